The number of hydrogen-bond donors (Lipinski definition) is 5. The van der Waals surface area contributed by atoms with Gasteiger partial charge in [-0.2, -0.15) is 8.42 Å². The Morgan fingerprint density at radius 1 is 1.00 bits per heavy atom. The van der Waals surface area contributed by atoms with Crippen LogP contribution >= 0.6 is 0 Å². The molecule has 0 aromatic carbocycles. The van der Waals surface area contributed by atoms with Crippen LogP contribution in [0.25, 0.3) is 0 Å². The standard InChI is InChI=1S/C10H17NO4.H2O4S/c1-8(2)9(3,6(12)13)4-5-10(8,11)7(14)15;1-5(2,3)4/h4-5,11H2,1-3H3,(H,12,13)(H,14,15);(H2,1,2,3,4). The first-order chi connectivity index (χ1) is 8.59. The van der Waals surface area contributed by atoms with Crippen LogP contribution in [0, 0.1) is 10.8 Å². The van der Waals surface area contributed by atoms with E-state index in [4.69, 9.17) is 28.4 Å². The summed E-state index contributed by atoms with van der Waals surface area (Å²) in [5.74, 6) is -2.11. The molecule has 118 valence electrons. The van der Waals surface area contributed by atoms with Crippen LogP contribution in [0.4, 0.5) is 0 Å². The van der Waals surface area contributed by atoms with Crippen LogP contribution in [0.1, 0.15) is 33.6 Å². The number of carbonyl (C=O) groups is 2. The van der Waals surface area contributed by atoms with E-state index in [0.29, 0.717) is 0 Å². The normalized spacial score (nSPS) is 32.1. The van der Waals surface area contributed by atoms with Crippen LogP contribution in [-0.4, -0.2) is 45.2 Å². The number of nitrogens with two attached hydrogens (primary N) is 1. The summed E-state index contributed by atoms with van der Waals surface area (Å²) in [5.41, 5.74) is 2.31. The number of rotatable bonds is 2. The van der Waals surface area contributed by atoms with Crippen LogP contribution in [-0.2, 0) is 20.0 Å². The highest BCUT2D eigenvalue weighted by molar-refractivity contribution is 7.79. The minimum Gasteiger partial charge on any atom is -0.481 e. The van der Waals surface area contributed by atoms with Gasteiger partial charge in [0.05, 0.1) is 5.41 Å². The fraction of sp³-hybridized carbons (Fsp3) is 0.800. The average molecular weight is 313 g/mol. The molecule has 2 atom stereocenters. The maximum Gasteiger partial charge on any atom is 0.394 e. The number of carboxylic acids is 2. The number of aliphatic carboxylic acids is 2. The molecule has 1 fully saturated rings. The largest absolute Gasteiger partial charge is 0.481 e. The van der Waals surface area contributed by atoms with Crippen LogP contribution in [0.2, 0.25) is 0 Å². The van der Waals surface area contributed by atoms with Gasteiger partial charge in [0, 0.05) is 5.41 Å². The molecule has 0 aromatic rings. The third-order valence-electron chi connectivity index (χ3n) is 4.37. The summed E-state index contributed by atoms with van der Waals surface area (Å²) in [4.78, 5) is 22.3. The summed E-state index contributed by atoms with van der Waals surface area (Å²) in [6.45, 7) is 4.79. The summed E-state index contributed by atoms with van der Waals surface area (Å²) in [7, 11) is -4.67. The summed E-state index contributed by atoms with van der Waals surface area (Å²) < 4.78 is 31.6. The average Bonchev–Trinajstić information content (AvgIpc) is 2.38. The van der Waals surface area contributed by atoms with Gasteiger partial charge in [0.25, 0.3) is 0 Å². The molecule has 0 bridgehead atoms. The van der Waals surface area contributed by atoms with Gasteiger partial charge < -0.3 is 15.9 Å². The molecule has 1 rings (SSSR count). The van der Waals surface area contributed by atoms with Crippen molar-refractivity contribution in [1.29, 1.82) is 0 Å². The van der Waals surface area contributed by atoms with Crippen molar-refractivity contribution in [2.75, 3.05) is 0 Å². The van der Waals surface area contributed by atoms with Gasteiger partial charge in [-0.15, -0.1) is 0 Å². The van der Waals surface area contributed by atoms with Gasteiger partial charge >= 0.3 is 22.3 Å². The van der Waals surface area contributed by atoms with Crippen molar-refractivity contribution in [3.63, 3.8) is 0 Å². The molecular formula is C10H19NO8S. The van der Waals surface area contributed by atoms with Crippen LogP contribution in [0.15, 0.2) is 0 Å². The van der Waals surface area contributed by atoms with Crippen molar-refractivity contribution in [1.82, 2.24) is 0 Å². The Labute approximate surface area is 116 Å². The summed E-state index contributed by atoms with van der Waals surface area (Å²) >= 11 is 0. The second-order valence-corrected chi connectivity index (χ2v) is 6.38. The Kier molecular flexibility index (Phi) is 4.95. The number of carboxylic acid groups (broad SMARTS) is 2. The van der Waals surface area contributed by atoms with Gasteiger partial charge in [-0.25, -0.2) is 0 Å². The van der Waals surface area contributed by atoms with Crippen molar-refractivity contribution in [3.05, 3.63) is 0 Å². The van der Waals surface area contributed by atoms with Gasteiger partial charge in [0.15, 0.2) is 0 Å². The van der Waals surface area contributed by atoms with Crippen LogP contribution in [0.5, 0.6) is 0 Å². The van der Waals surface area contributed by atoms with E-state index in [-0.39, 0.29) is 12.8 Å². The third kappa shape index (κ3) is 3.26. The Hall–Kier alpha value is -1.23. The van der Waals surface area contributed by atoms with Crippen molar-refractivity contribution >= 4 is 22.3 Å². The van der Waals surface area contributed by atoms with Crippen molar-refractivity contribution in [2.24, 2.45) is 16.6 Å². The molecule has 10 heteroatoms. The van der Waals surface area contributed by atoms with Crippen LogP contribution < -0.4 is 5.73 Å². The van der Waals surface area contributed by atoms with E-state index in [1.807, 2.05) is 0 Å². The molecule has 0 radical (unpaired) electrons. The molecule has 1 aliphatic carbocycles. The molecule has 1 saturated carbocycles. The minimum atomic E-state index is -4.67. The summed E-state index contributed by atoms with van der Waals surface area (Å²) in [6, 6.07) is 0. The predicted molar refractivity (Wildman–Crippen MR) is 67.5 cm³/mol. The quantitative estimate of drug-likeness (QED) is 0.440. The lowest BCUT2D eigenvalue weighted by molar-refractivity contribution is -0.159. The molecule has 20 heavy (non-hydrogen) atoms. The monoisotopic (exact) mass is 313 g/mol. The van der Waals surface area contributed by atoms with E-state index in [1.54, 1.807) is 20.8 Å². The van der Waals surface area contributed by atoms with E-state index in [2.05, 4.69) is 0 Å². The Bertz CT molecular complexity index is 475. The first-order valence-corrected chi connectivity index (χ1v) is 6.95. The molecular weight excluding hydrogens is 294 g/mol. The molecule has 9 nitrogen and oxygen atoms in total. The lowest BCUT2D eigenvalue weighted by atomic mass is 9.63. The molecule has 0 heterocycles. The molecule has 6 N–H and O–H groups in total. The van der Waals surface area contributed by atoms with Gasteiger partial charge in [-0.1, -0.05) is 13.8 Å². The SMILES string of the molecule is CC1(C(=O)O)CCC(N)(C(=O)O)C1(C)C.O=S(=O)(O)O. The second-order valence-electron chi connectivity index (χ2n) is 5.49. The third-order valence-corrected chi connectivity index (χ3v) is 4.37. The van der Waals surface area contributed by atoms with E-state index >= 15 is 0 Å². The topological polar surface area (TPSA) is 175 Å². The zero-order valence-electron chi connectivity index (χ0n) is 11.3. The minimum absolute atomic E-state index is 0.193. The van der Waals surface area contributed by atoms with Gasteiger partial charge in [-0.05, 0) is 19.8 Å². The second kappa shape index (κ2) is 5.28. The lowest BCUT2D eigenvalue weighted by Crippen LogP contribution is -2.60. The molecule has 0 spiro atoms. The van der Waals surface area contributed by atoms with Crippen molar-refractivity contribution in [2.45, 2.75) is 39.2 Å². The van der Waals surface area contributed by atoms with Gasteiger partial charge in [0.1, 0.15) is 5.54 Å². The smallest absolute Gasteiger partial charge is 0.394 e. The maximum atomic E-state index is 11.2. The maximum absolute atomic E-state index is 11.2. The highest BCUT2D eigenvalue weighted by Crippen LogP contribution is 2.57. The fourth-order valence-electron chi connectivity index (χ4n) is 2.31. The Balaban J connectivity index is 0.000000621. The van der Waals surface area contributed by atoms with Crippen molar-refractivity contribution < 1.29 is 37.3 Å². The molecule has 0 amide bonds. The predicted octanol–water partition coefficient (Wildman–Crippen LogP) is 0.0266. The Morgan fingerprint density at radius 3 is 1.50 bits per heavy atom. The summed E-state index contributed by atoms with van der Waals surface area (Å²) in [6.07, 6.45) is 0.482. The highest BCUT2D eigenvalue weighted by atomic mass is 32.3. The van der Waals surface area contributed by atoms with Gasteiger partial charge in [-0.3, -0.25) is 18.7 Å². The van der Waals surface area contributed by atoms with Gasteiger partial charge in [0.2, 0.25) is 0 Å². The van der Waals surface area contributed by atoms with E-state index < -0.39 is 38.7 Å². The zero-order valence-corrected chi connectivity index (χ0v) is 12.1. The van der Waals surface area contributed by atoms with E-state index in [1.165, 1.54) is 0 Å². The van der Waals surface area contributed by atoms with E-state index in [9.17, 15) is 14.7 Å². The zero-order chi connectivity index (χ0) is 16.6. The first kappa shape index (κ1) is 18.8. The van der Waals surface area contributed by atoms with E-state index in [0.717, 1.165) is 0 Å². The molecule has 0 saturated heterocycles. The number of hydrogen-bond acceptors (Lipinski definition) is 5. The molecule has 0 aliphatic heterocycles. The Morgan fingerprint density at radius 2 is 1.35 bits per heavy atom. The summed E-state index contributed by atoms with van der Waals surface area (Å²) in [5, 5.41) is 18.3. The first-order valence-electron chi connectivity index (χ1n) is 5.55. The molecule has 0 aromatic heterocycles. The fourth-order valence-corrected chi connectivity index (χ4v) is 2.31. The van der Waals surface area contributed by atoms with Crippen LogP contribution in [0.3, 0.4) is 0 Å². The molecule has 1 aliphatic rings. The molecule has 2 unspecified atom stereocenters. The lowest BCUT2D eigenvalue weighted by Gasteiger charge is -2.42. The van der Waals surface area contributed by atoms with Crippen molar-refractivity contribution in [3.8, 4) is 0 Å². The highest BCUT2D eigenvalue weighted by Gasteiger charge is 2.65.